The Labute approximate surface area is 165 Å². The number of amides is 1. The second-order valence-corrected chi connectivity index (χ2v) is 8.51. The van der Waals surface area contributed by atoms with Gasteiger partial charge in [0.15, 0.2) is 0 Å². The van der Waals surface area contributed by atoms with E-state index in [-0.39, 0.29) is 24.0 Å². The monoisotopic (exact) mass is 410 g/mol. The molecule has 0 fully saturated rings. The number of hydrogen-bond donors (Lipinski definition) is 1. The molecule has 2 aromatic rings. The quantitative estimate of drug-likeness (QED) is 0.689. The zero-order valence-corrected chi connectivity index (χ0v) is 16.8. The normalized spacial score (nSPS) is 12.7. The van der Waals surface area contributed by atoms with Gasteiger partial charge in [0, 0.05) is 24.7 Å². The lowest BCUT2D eigenvalue weighted by molar-refractivity contribution is -0.122. The molecule has 2 rings (SSSR count). The molecule has 0 aromatic heterocycles. The molecule has 0 radical (unpaired) electrons. The topological polar surface area (TPSA) is 75.7 Å². The van der Waals surface area contributed by atoms with Crippen LogP contribution in [0.15, 0.2) is 59.5 Å². The fourth-order valence-corrected chi connectivity index (χ4v) is 4.06. The lowest BCUT2D eigenvalue weighted by atomic mass is 10.2. The molecule has 0 saturated heterocycles. The van der Waals surface area contributed by atoms with E-state index in [9.17, 15) is 13.2 Å². The molecule has 8 heteroatoms. The molecule has 0 aliphatic heterocycles. The first-order valence-electron chi connectivity index (χ1n) is 8.41. The highest BCUT2D eigenvalue weighted by Crippen LogP contribution is 2.19. The van der Waals surface area contributed by atoms with E-state index >= 15 is 0 Å². The Morgan fingerprint density at radius 3 is 2.37 bits per heavy atom. The minimum atomic E-state index is -3.84. The van der Waals surface area contributed by atoms with E-state index < -0.39 is 15.9 Å². The van der Waals surface area contributed by atoms with Crippen LogP contribution < -0.4 is 5.32 Å². The highest BCUT2D eigenvalue weighted by molar-refractivity contribution is 7.89. The summed E-state index contributed by atoms with van der Waals surface area (Å²) >= 11 is 5.90. The van der Waals surface area contributed by atoms with Gasteiger partial charge in [-0.3, -0.25) is 4.79 Å². The zero-order chi connectivity index (χ0) is 19.9. The largest absolute Gasteiger partial charge is 0.383 e. The van der Waals surface area contributed by atoms with E-state index in [1.165, 1.54) is 19.2 Å². The van der Waals surface area contributed by atoms with Crippen molar-refractivity contribution < 1.29 is 17.9 Å². The number of nitrogens with one attached hydrogen (secondary N) is 1. The molecule has 6 nitrogen and oxygen atoms in total. The number of methoxy groups -OCH3 is 1. The lowest BCUT2D eigenvalue weighted by Crippen LogP contribution is -2.44. The van der Waals surface area contributed by atoms with Crippen LogP contribution in [0.3, 0.4) is 0 Å². The molecule has 146 valence electrons. The summed E-state index contributed by atoms with van der Waals surface area (Å²) in [5, 5.41) is 3.30. The highest BCUT2D eigenvalue weighted by atomic mass is 35.5. The van der Waals surface area contributed by atoms with Crippen LogP contribution in [0.1, 0.15) is 12.5 Å². The van der Waals surface area contributed by atoms with E-state index in [0.29, 0.717) is 11.6 Å². The van der Waals surface area contributed by atoms with Gasteiger partial charge >= 0.3 is 0 Å². The summed E-state index contributed by atoms with van der Waals surface area (Å²) in [6.45, 7) is 1.89. The van der Waals surface area contributed by atoms with Gasteiger partial charge in [-0.15, -0.1) is 0 Å². The summed E-state index contributed by atoms with van der Waals surface area (Å²) in [6, 6.07) is 14.7. The molecule has 0 unspecified atom stereocenters. The molecule has 1 amide bonds. The molecule has 1 atom stereocenters. The number of hydrogen-bond acceptors (Lipinski definition) is 4. The van der Waals surface area contributed by atoms with Gasteiger partial charge in [-0.25, -0.2) is 8.42 Å². The van der Waals surface area contributed by atoms with E-state index in [1.54, 1.807) is 49.4 Å². The van der Waals surface area contributed by atoms with Crippen molar-refractivity contribution >= 4 is 27.5 Å². The van der Waals surface area contributed by atoms with E-state index in [0.717, 1.165) is 9.87 Å². The first-order chi connectivity index (χ1) is 12.8. The Morgan fingerprint density at radius 2 is 1.78 bits per heavy atom. The summed E-state index contributed by atoms with van der Waals surface area (Å²) in [6.07, 6.45) is 0. The van der Waals surface area contributed by atoms with Crippen molar-refractivity contribution in [2.75, 3.05) is 20.3 Å². The van der Waals surface area contributed by atoms with Crippen LogP contribution in [-0.2, 0) is 26.1 Å². The fourth-order valence-electron chi connectivity index (χ4n) is 2.53. The predicted molar refractivity (Wildman–Crippen MR) is 105 cm³/mol. The molecule has 0 saturated carbocycles. The van der Waals surface area contributed by atoms with Gasteiger partial charge in [0.05, 0.1) is 18.0 Å². The van der Waals surface area contributed by atoms with Crippen molar-refractivity contribution in [3.63, 3.8) is 0 Å². The molecule has 0 bridgehead atoms. The minimum Gasteiger partial charge on any atom is -0.383 e. The molecular weight excluding hydrogens is 388 g/mol. The minimum absolute atomic E-state index is 0.0560. The Bertz CT molecular complexity index is 842. The number of rotatable bonds is 9. The number of ether oxygens (including phenoxy) is 1. The number of carbonyl (C=O) groups excluding carboxylic acids is 1. The summed E-state index contributed by atoms with van der Waals surface area (Å²) < 4.78 is 32.2. The van der Waals surface area contributed by atoms with E-state index in [1.807, 2.05) is 0 Å². The summed E-state index contributed by atoms with van der Waals surface area (Å²) in [7, 11) is -2.31. The zero-order valence-electron chi connectivity index (χ0n) is 15.3. The number of benzene rings is 2. The smallest absolute Gasteiger partial charge is 0.243 e. The van der Waals surface area contributed by atoms with Gasteiger partial charge in [-0.2, -0.15) is 4.31 Å². The SMILES string of the molecule is COC[C@H](C)NC(=O)CN(Cc1ccc(Cl)cc1)S(=O)(=O)c1ccccc1. The molecule has 0 heterocycles. The number of halogens is 1. The molecule has 27 heavy (non-hydrogen) atoms. The van der Waals surface area contributed by atoms with Crippen LogP contribution in [0.2, 0.25) is 5.02 Å². The maximum atomic E-state index is 13.0. The maximum Gasteiger partial charge on any atom is 0.243 e. The second kappa shape index (κ2) is 9.85. The first kappa shape index (κ1) is 21.4. The van der Waals surface area contributed by atoms with Crippen LogP contribution in [0.4, 0.5) is 0 Å². The van der Waals surface area contributed by atoms with Crippen molar-refractivity contribution in [2.45, 2.75) is 24.4 Å². The number of nitrogens with zero attached hydrogens (tertiary/aromatic N) is 1. The van der Waals surface area contributed by atoms with Crippen LogP contribution >= 0.6 is 11.6 Å². The van der Waals surface area contributed by atoms with Crippen LogP contribution in [-0.4, -0.2) is 44.9 Å². The summed E-state index contributed by atoms with van der Waals surface area (Å²) in [5.41, 5.74) is 0.733. The molecule has 2 aromatic carbocycles. The third-order valence-corrected chi connectivity index (χ3v) is 5.86. The Balaban J connectivity index is 2.25. The van der Waals surface area contributed by atoms with Gasteiger partial charge in [-0.05, 0) is 36.8 Å². The van der Waals surface area contributed by atoms with Crippen LogP contribution in [0.5, 0.6) is 0 Å². The van der Waals surface area contributed by atoms with Crippen molar-refractivity contribution in [3.05, 3.63) is 65.2 Å². The Kier molecular flexibility index (Phi) is 7.79. The van der Waals surface area contributed by atoms with Crippen LogP contribution in [0, 0.1) is 0 Å². The highest BCUT2D eigenvalue weighted by Gasteiger charge is 2.27. The van der Waals surface area contributed by atoms with Crippen molar-refractivity contribution in [1.29, 1.82) is 0 Å². The third-order valence-electron chi connectivity index (χ3n) is 3.80. The van der Waals surface area contributed by atoms with Gasteiger partial charge in [-0.1, -0.05) is 41.9 Å². The van der Waals surface area contributed by atoms with Crippen molar-refractivity contribution in [1.82, 2.24) is 9.62 Å². The first-order valence-corrected chi connectivity index (χ1v) is 10.2. The Hall–Kier alpha value is -1.93. The molecule has 1 N–H and O–H groups in total. The predicted octanol–water partition coefficient (Wildman–Crippen LogP) is 2.68. The molecule has 0 aliphatic carbocycles. The van der Waals surface area contributed by atoms with E-state index in [4.69, 9.17) is 16.3 Å². The molecule has 0 spiro atoms. The molecular formula is C19H23ClN2O4S. The average Bonchev–Trinajstić information content (AvgIpc) is 2.63. The van der Waals surface area contributed by atoms with Gasteiger partial charge < -0.3 is 10.1 Å². The van der Waals surface area contributed by atoms with Gasteiger partial charge in [0.1, 0.15) is 0 Å². The number of carbonyl (C=O) groups is 1. The average molecular weight is 411 g/mol. The van der Waals surface area contributed by atoms with Crippen molar-refractivity contribution in [3.8, 4) is 0 Å². The van der Waals surface area contributed by atoms with Crippen molar-refractivity contribution in [2.24, 2.45) is 0 Å². The molecule has 0 aliphatic rings. The van der Waals surface area contributed by atoms with Gasteiger partial charge in [0.25, 0.3) is 0 Å². The van der Waals surface area contributed by atoms with Crippen LogP contribution in [0.25, 0.3) is 0 Å². The Morgan fingerprint density at radius 1 is 1.15 bits per heavy atom. The second-order valence-electron chi connectivity index (χ2n) is 6.14. The van der Waals surface area contributed by atoms with E-state index in [2.05, 4.69) is 5.32 Å². The fraction of sp³-hybridized carbons (Fsp3) is 0.316. The summed E-state index contributed by atoms with van der Waals surface area (Å²) in [5.74, 6) is -0.395. The standard InChI is InChI=1S/C19H23ClN2O4S/c1-15(14-26-2)21-19(23)13-22(12-16-8-10-17(20)11-9-16)27(24,25)18-6-4-3-5-7-18/h3-11,15H,12-14H2,1-2H3,(H,21,23)/t15-/m0/s1. The van der Waals surface area contributed by atoms with Gasteiger partial charge in [0.2, 0.25) is 15.9 Å². The third kappa shape index (κ3) is 6.32. The maximum absolute atomic E-state index is 13.0. The summed E-state index contributed by atoms with van der Waals surface area (Å²) in [4.78, 5) is 12.5. The number of sulfonamides is 1. The lowest BCUT2D eigenvalue weighted by Gasteiger charge is -2.23.